The molecule has 1 saturated heterocycles. The molecule has 4 aromatic rings. The quantitative estimate of drug-likeness (QED) is 0.0485. The Morgan fingerprint density at radius 3 is 2.55 bits per heavy atom. The lowest BCUT2D eigenvalue weighted by molar-refractivity contribution is -0.132. The van der Waals surface area contributed by atoms with E-state index in [9.17, 15) is 14.7 Å². The van der Waals surface area contributed by atoms with Crippen LogP contribution in [-0.4, -0.2) is 33.6 Å². The van der Waals surface area contributed by atoms with Crippen LogP contribution in [0.4, 0.5) is 5.13 Å². The van der Waals surface area contributed by atoms with Crippen molar-refractivity contribution >= 4 is 61.6 Å². The Kier molecular flexibility index (Phi) is 8.98. The van der Waals surface area contributed by atoms with E-state index >= 15 is 0 Å². The van der Waals surface area contributed by atoms with Gasteiger partial charge in [-0.15, -0.1) is 10.2 Å². The second-order valence-electron chi connectivity index (χ2n) is 9.08. The number of Topliss-reactive ketones (excluding diaryl/α,β-unsaturated/α-hetero) is 1. The Bertz CT molecular complexity index is 1540. The summed E-state index contributed by atoms with van der Waals surface area (Å²) < 4.78 is 7.18. The third-order valence-corrected chi connectivity index (χ3v) is 8.93. The molecular formula is C30H26BrN3O4S2. The van der Waals surface area contributed by atoms with Gasteiger partial charge in [-0.25, -0.2) is 0 Å². The lowest BCUT2D eigenvalue weighted by Gasteiger charge is -2.22. The van der Waals surface area contributed by atoms with Gasteiger partial charge < -0.3 is 9.84 Å². The van der Waals surface area contributed by atoms with Gasteiger partial charge in [-0.1, -0.05) is 94.8 Å². The predicted octanol–water partition coefficient (Wildman–Crippen LogP) is 7.40. The van der Waals surface area contributed by atoms with Crippen LogP contribution in [-0.2, 0) is 15.3 Å². The molecule has 1 fully saturated rings. The van der Waals surface area contributed by atoms with Crippen LogP contribution in [0.1, 0.15) is 42.5 Å². The molecule has 0 unspecified atom stereocenters. The number of halogens is 1. The summed E-state index contributed by atoms with van der Waals surface area (Å²) >= 11 is 6.24. The highest BCUT2D eigenvalue weighted by atomic mass is 79.9. The molecule has 1 aliphatic heterocycles. The van der Waals surface area contributed by atoms with E-state index in [0.29, 0.717) is 38.7 Å². The first-order valence-corrected chi connectivity index (χ1v) is 15.4. The summed E-state index contributed by atoms with van der Waals surface area (Å²) in [6, 6.07) is 23.3. The molecule has 3 aromatic carbocycles. The van der Waals surface area contributed by atoms with Gasteiger partial charge in [0.25, 0.3) is 5.78 Å². The SMILES string of the molecule is CCCCOc1ccc(C(O)=C2C(=O)C(=O)N(c3nnc(SCc4ccccc4)s3)[C@H]2c2cccc(Br)c2)cc1. The number of aliphatic hydroxyl groups is 1. The first-order valence-electron chi connectivity index (χ1n) is 12.8. The maximum absolute atomic E-state index is 13.4. The fraction of sp³-hybridized carbons (Fsp3) is 0.200. The summed E-state index contributed by atoms with van der Waals surface area (Å²) in [5, 5.41) is 20.2. The Morgan fingerprint density at radius 2 is 1.82 bits per heavy atom. The zero-order chi connectivity index (χ0) is 28.1. The zero-order valence-electron chi connectivity index (χ0n) is 21.6. The molecule has 0 saturated carbocycles. The normalized spacial score (nSPS) is 16.4. The molecule has 0 spiro atoms. The van der Waals surface area contributed by atoms with Crippen molar-refractivity contribution in [1.29, 1.82) is 0 Å². The minimum absolute atomic E-state index is 0.00330. The number of hydrogen-bond donors (Lipinski definition) is 1. The molecule has 0 aliphatic carbocycles. The fourth-order valence-electron chi connectivity index (χ4n) is 4.30. The Labute approximate surface area is 249 Å². The summed E-state index contributed by atoms with van der Waals surface area (Å²) in [4.78, 5) is 28.2. The lowest BCUT2D eigenvalue weighted by atomic mass is 9.95. The van der Waals surface area contributed by atoms with Crippen LogP contribution in [0, 0.1) is 0 Å². The number of amides is 1. The van der Waals surface area contributed by atoms with Gasteiger partial charge in [-0.05, 0) is 53.9 Å². The van der Waals surface area contributed by atoms with Crippen molar-refractivity contribution in [2.45, 2.75) is 35.9 Å². The van der Waals surface area contributed by atoms with Crippen LogP contribution < -0.4 is 9.64 Å². The number of aliphatic hydroxyl groups excluding tert-OH is 1. The van der Waals surface area contributed by atoms with Gasteiger partial charge in [-0.2, -0.15) is 0 Å². The number of thioether (sulfide) groups is 1. The minimum atomic E-state index is -0.877. The topological polar surface area (TPSA) is 92.6 Å². The van der Waals surface area contributed by atoms with Crippen LogP contribution >= 0.6 is 39.0 Å². The highest BCUT2D eigenvalue weighted by Crippen LogP contribution is 2.44. The van der Waals surface area contributed by atoms with Gasteiger partial charge >= 0.3 is 5.91 Å². The molecule has 1 aromatic heterocycles. The number of aromatic nitrogens is 2. The van der Waals surface area contributed by atoms with E-state index < -0.39 is 17.7 Å². The van der Waals surface area contributed by atoms with E-state index in [2.05, 4.69) is 33.1 Å². The Balaban J connectivity index is 1.49. The molecule has 1 amide bonds. The van der Waals surface area contributed by atoms with E-state index in [1.807, 2.05) is 54.6 Å². The number of carbonyl (C=O) groups is 2. The molecule has 5 rings (SSSR count). The molecule has 40 heavy (non-hydrogen) atoms. The van der Waals surface area contributed by atoms with Crippen molar-refractivity contribution in [2.75, 3.05) is 11.5 Å². The van der Waals surface area contributed by atoms with Crippen molar-refractivity contribution in [3.8, 4) is 5.75 Å². The van der Waals surface area contributed by atoms with Crippen LogP contribution in [0.2, 0.25) is 0 Å². The number of hydrogen-bond acceptors (Lipinski definition) is 8. The average Bonchev–Trinajstić information content (AvgIpc) is 3.54. The van der Waals surface area contributed by atoms with Crippen molar-refractivity contribution < 1.29 is 19.4 Å². The molecule has 1 N–H and O–H groups in total. The van der Waals surface area contributed by atoms with Gasteiger partial charge in [-0.3, -0.25) is 14.5 Å². The van der Waals surface area contributed by atoms with Crippen LogP contribution in [0.25, 0.3) is 5.76 Å². The summed E-state index contributed by atoms with van der Waals surface area (Å²) in [5.41, 5.74) is 2.21. The summed E-state index contributed by atoms with van der Waals surface area (Å²) in [6.45, 7) is 2.69. The van der Waals surface area contributed by atoms with Gasteiger partial charge in [0.1, 0.15) is 11.5 Å². The Hall–Kier alpha value is -3.47. The highest BCUT2D eigenvalue weighted by Gasteiger charge is 2.48. The molecule has 204 valence electrons. The van der Waals surface area contributed by atoms with Crippen molar-refractivity contribution in [3.63, 3.8) is 0 Å². The molecular weight excluding hydrogens is 610 g/mol. The number of unbranched alkanes of at least 4 members (excludes halogenated alkanes) is 1. The molecule has 10 heteroatoms. The fourth-order valence-corrected chi connectivity index (χ4v) is 6.54. The number of rotatable bonds is 10. The highest BCUT2D eigenvalue weighted by molar-refractivity contribution is 9.10. The smallest absolute Gasteiger partial charge is 0.301 e. The number of anilines is 1. The molecule has 0 bridgehead atoms. The van der Waals surface area contributed by atoms with E-state index in [1.165, 1.54) is 28.0 Å². The number of ether oxygens (including phenoxy) is 1. The third-order valence-electron chi connectivity index (χ3n) is 6.31. The lowest BCUT2D eigenvalue weighted by Crippen LogP contribution is -2.29. The third kappa shape index (κ3) is 6.14. The maximum Gasteiger partial charge on any atom is 0.301 e. The average molecular weight is 637 g/mol. The Morgan fingerprint density at radius 1 is 1.05 bits per heavy atom. The molecule has 1 atom stereocenters. The minimum Gasteiger partial charge on any atom is -0.507 e. The van der Waals surface area contributed by atoms with Crippen LogP contribution in [0.5, 0.6) is 5.75 Å². The van der Waals surface area contributed by atoms with Crippen molar-refractivity contribution in [2.24, 2.45) is 0 Å². The number of ketones is 1. The maximum atomic E-state index is 13.4. The molecule has 2 heterocycles. The largest absolute Gasteiger partial charge is 0.507 e. The second kappa shape index (κ2) is 12.8. The van der Waals surface area contributed by atoms with Crippen LogP contribution in [0.15, 0.2) is 93.2 Å². The van der Waals surface area contributed by atoms with Gasteiger partial charge in [0.05, 0.1) is 18.2 Å². The van der Waals surface area contributed by atoms with Gasteiger partial charge in [0.15, 0.2) is 4.34 Å². The number of carbonyl (C=O) groups excluding carboxylic acids is 2. The zero-order valence-corrected chi connectivity index (χ0v) is 24.8. The van der Waals surface area contributed by atoms with Gasteiger partial charge in [0, 0.05) is 15.8 Å². The molecule has 7 nitrogen and oxygen atoms in total. The van der Waals surface area contributed by atoms with E-state index in [1.54, 1.807) is 24.3 Å². The first kappa shape index (κ1) is 28.1. The van der Waals surface area contributed by atoms with E-state index in [4.69, 9.17) is 4.74 Å². The van der Waals surface area contributed by atoms with Crippen molar-refractivity contribution in [3.05, 3.63) is 106 Å². The standard InChI is InChI=1S/C30H26BrN3O4S2/c1-2-3-16-38-23-14-12-20(13-15-23)26(35)24-25(21-10-7-11-22(31)17-21)34(28(37)27(24)36)29-32-33-30(40-29)39-18-19-8-5-4-6-9-19/h4-15,17,25,35H,2-3,16,18H2,1H3/t25-/m0/s1. The summed E-state index contributed by atoms with van der Waals surface area (Å²) in [5.74, 6) is -0.430. The van der Waals surface area contributed by atoms with E-state index in [-0.39, 0.29) is 11.3 Å². The molecule has 0 radical (unpaired) electrons. The van der Waals surface area contributed by atoms with Gasteiger partial charge in [0.2, 0.25) is 5.13 Å². The number of benzene rings is 3. The summed E-state index contributed by atoms with van der Waals surface area (Å²) in [7, 11) is 0. The monoisotopic (exact) mass is 635 g/mol. The van der Waals surface area contributed by atoms with E-state index in [0.717, 1.165) is 22.9 Å². The van der Waals surface area contributed by atoms with Crippen LogP contribution in [0.3, 0.4) is 0 Å². The summed E-state index contributed by atoms with van der Waals surface area (Å²) in [6.07, 6.45) is 1.96. The predicted molar refractivity (Wildman–Crippen MR) is 162 cm³/mol. The molecule has 1 aliphatic rings. The first-order chi connectivity index (χ1) is 19.5. The second-order valence-corrected chi connectivity index (χ2v) is 12.2. The number of nitrogens with zero attached hydrogens (tertiary/aromatic N) is 3. The van der Waals surface area contributed by atoms with Crippen molar-refractivity contribution in [1.82, 2.24) is 10.2 Å².